The minimum absolute atomic E-state index is 0.0443. The van der Waals surface area contributed by atoms with Gasteiger partial charge in [-0.15, -0.1) is 0 Å². The summed E-state index contributed by atoms with van der Waals surface area (Å²) in [6.07, 6.45) is 2.98. The molecule has 1 aliphatic heterocycles. The number of amides is 1. The van der Waals surface area contributed by atoms with E-state index in [1.54, 1.807) is 38.2 Å². The van der Waals surface area contributed by atoms with Crippen LogP contribution in [0, 0.1) is 0 Å². The first-order valence-electron chi connectivity index (χ1n) is 9.74. The van der Waals surface area contributed by atoms with E-state index >= 15 is 0 Å². The van der Waals surface area contributed by atoms with E-state index in [2.05, 4.69) is 15.0 Å². The number of carbonyl (C=O) groups excluding carboxylic acids is 1. The Kier molecular flexibility index (Phi) is 5.36. The number of hydrogen-bond acceptors (Lipinski definition) is 7. The van der Waals surface area contributed by atoms with Gasteiger partial charge in [-0.25, -0.2) is 9.97 Å². The van der Waals surface area contributed by atoms with Gasteiger partial charge in [0.2, 0.25) is 11.8 Å². The molecule has 1 fully saturated rings. The summed E-state index contributed by atoms with van der Waals surface area (Å²) in [6, 6.07) is 9.43. The van der Waals surface area contributed by atoms with E-state index in [4.69, 9.17) is 9.47 Å². The van der Waals surface area contributed by atoms with Crippen molar-refractivity contribution in [3.63, 3.8) is 0 Å². The standard InChI is InChI=1S/C22H24N4O4/c1-22(2,28)15-6-4-14(5-7-15)17-10-18-20(24-9-8-23-18)21(25-17)30-12-16-11-26(3)19(27)13-29-16/h4-10,16,28H,11-13H2,1-3H3/t16-/m0/s1. The largest absolute Gasteiger partial charge is 0.473 e. The van der Waals surface area contributed by atoms with Gasteiger partial charge in [0.1, 0.15) is 19.3 Å². The van der Waals surface area contributed by atoms with E-state index in [9.17, 15) is 9.90 Å². The van der Waals surface area contributed by atoms with Crippen molar-refractivity contribution in [2.45, 2.75) is 25.6 Å². The van der Waals surface area contributed by atoms with E-state index in [1.165, 1.54) is 0 Å². The molecule has 8 nitrogen and oxygen atoms in total. The molecule has 3 heterocycles. The third kappa shape index (κ3) is 4.24. The van der Waals surface area contributed by atoms with Gasteiger partial charge in [-0.05, 0) is 25.5 Å². The highest BCUT2D eigenvalue weighted by molar-refractivity contribution is 5.83. The van der Waals surface area contributed by atoms with Gasteiger partial charge >= 0.3 is 0 Å². The van der Waals surface area contributed by atoms with Gasteiger partial charge in [0.15, 0.2) is 5.52 Å². The molecule has 0 unspecified atom stereocenters. The number of fused-ring (bicyclic) bond motifs is 1. The van der Waals surface area contributed by atoms with E-state index in [-0.39, 0.29) is 25.2 Å². The highest BCUT2D eigenvalue weighted by Crippen LogP contribution is 2.29. The smallest absolute Gasteiger partial charge is 0.248 e. The minimum atomic E-state index is -0.913. The number of hydrogen-bond donors (Lipinski definition) is 1. The van der Waals surface area contributed by atoms with Crippen molar-refractivity contribution in [3.05, 3.63) is 48.3 Å². The molecule has 1 aromatic carbocycles. The Labute approximate surface area is 174 Å². The highest BCUT2D eigenvalue weighted by Gasteiger charge is 2.24. The molecule has 0 spiro atoms. The Hall–Kier alpha value is -3.10. The lowest BCUT2D eigenvalue weighted by Gasteiger charge is -2.29. The summed E-state index contributed by atoms with van der Waals surface area (Å²) >= 11 is 0. The van der Waals surface area contributed by atoms with Crippen LogP contribution in [0.1, 0.15) is 19.4 Å². The van der Waals surface area contributed by atoms with Gasteiger partial charge in [0, 0.05) is 31.5 Å². The average Bonchev–Trinajstić information content (AvgIpc) is 2.73. The molecule has 8 heteroatoms. The lowest BCUT2D eigenvalue weighted by molar-refractivity contribution is -0.148. The first-order chi connectivity index (χ1) is 14.3. The monoisotopic (exact) mass is 408 g/mol. The zero-order valence-corrected chi connectivity index (χ0v) is 17.2. The van der Waals surface area contributed by atoms with Crippen molar-refractivity contribution in [3.8, 4) is 17.1 Å². The van der Waals surface area contributed by atoms with Crippen LogP contribution in [0.15, 0.2) is 42.7 Å². The molecule has 1 aliphatic rings. The number of carbonyl (C=O) groups is 1. The number of ether oxygens (including phenoxy) is 2. The van der Waals surface area contributed by atoms with Crippen molar-refractivity contribution in [1.82, 2.24) is 19.9 Å². The Morgan fingerprint density at radius 3 is 2.67 bits per heavy atom. The Balaban J connectivity index is 1.62. The summed E-state index contributed by atoms with van der Waals surface area (Å²) in [5.74, 6) is 0.322. The third-order valence-electron chi connectivity index (χ3n) is 5.06. The van der Waals surface area contributed by atoms with Gasteiger partial charge in [-0.1, -0.05) is 24.3 Å². The summed E-state index contributed by atoms with van der Waals surface area (Å²) < 4.78 is 11.5. The lowest BCUT2D eigenvalue weighted by Crippen LogP contribution is -2.46. The fourth-order valence-electron chi connectivity index (χ4n) is 3.27. The zero-order chi connectivity index (χ0) is 21.3. The molecule has 1 N–H and O–H groups in total. The van der Waals surface area contributed by atoms with Crippen LogP contribution in [0.25, 0.3) is 22.3 Å². The summed E-state index contributed by atoms with van der Waals surface area (Å²) in [6.45, 7) is 4.25. The van der Waals surface area contributed by atoms with Crippen molar-refractivity contribution in [2.24, 2.45) is 0 Å². The molecule has 0 aliphatic carbocycles. The molecule has 156 valence electrons. The van der Waals surface area contributed by atoms with E-state index in [1.807, 2.05) is 30.3 Å². The molecule has 0 saturated carbocycles. The number of rotatable bonds is 5. The quantitative estimate of drug-likeness (QED) is 0.691. The van der Waals surface area contributed by atoms with Gasteiger partial charge in [-0.3, -0.25) is 9.78 Å². The molecule has 1 atom stereocenters. The van der Waals surface area contributed by atoms with E-state index in [0.717, 1.165) is 11.1 Å². The number of benzene rings is 1. The van der Waals surface area contributed by atoms with Crippen LogP contribution in [0.4, 0.5) is 0 Å². The molecule has 3 aromatic rings. The number of likely N-dealkylation sites (N-methyl/N-ethyl adjacent to an activating group) is 1. The van der Waals surface area contributed by atoms with Crippen LogP contribution in [-0.4, -0.2) is 63.8 Å². The predicted molar refractivity (Wildman–Crippen MR) is 111 cm³/mol. The normalized spacial score (nSPS) is 17.4. The molecule has 1 amide bonds. The van der Waals surface area contributed by atoms with Crippen LogP contribution in [0.5, 0.6) is 5.88 Å². The Bertz CT molecular complexity index is 1060. The van der Waals surface area contributed by atoms with Gasteiger partial charge in [0.25, 0.3) is 0 Å². The first-order valence-corrected chi connectivity index (χ1v) is 9.74. The van der Waals surface area contributed by atoms with Crippen LogP contribution >= 0.6 is 0 Å². The number of aliphatic hydroxyl groups is 1. The molecule has 1 saturated heterocycles. The maximum atomic E-state index is 11.6. The highest BCUT2D eigenvalue weighted by atomic mass is 16.5. The summed E-state index contributed by atoms with van der Waals surface area (Å²) in [4.78, 5) is 26.6. The molecule has 4 rings (SSSR count). The number of nitrogens with zero attached hydrogens (tertiary/aromatic N) is 4. The summed E-state index contributed by atoms with van der Waals surface area (Å²) in [5, 5.41) is 10.2. The van der Waals surface area contributed by atoms with Crippen molar-refractivity contribution in [1.29, 1.82) is 0 Å². The predicted octanol–water partition coefficient (Wildman–Crippen LogP) is 2.16. The van der Waals surface area contributed by atoms with E-state index < -0.39 is 5.60 Å². The van der Waals surface area contributed by atoms with Crippen LogP contribution in [0.2, 0.25) is 0 Å². The zero-order valence-electron chi connectivity index (χ0n) is 17.2. The topological polar surface area (TPSA) is 97.7 Å². The maximum absolute atomic E-state index is 11.6. The summed E-state index contributed by atoms with van der Waals surface area (Å²) in [5.41, 5.74) is 2.70. The first kappa shape index (κ1) is 20.2. The second-order valence-corrected chi connectivity index (χ2v) is 7.89. The van der Waals surface area contributed by atoms with Gasteiger partial charge in [0.05, 0.1) is 16.8 Å². The maximum Gasteiger partial charge on any atom is 0.248 e. The second-order valence-electron chi connectivity index (χ2n) is 7.89. The van der Waals surface area contributed by atoms with E-state index in [0.29, 0.717) is 29.2 Å². The molecule has 0 bridgehead atoms. The van der Waals surface area contributed by atoms with Gasteiger partial charge in [-0.2, -0.15) is 0 Å². The molecule has 2 aromatic heterocycles. The number of morpholine rings is 1. The molecule has 0 radical (unpaired) electrons. The average molecular weight is 408 g/mol. The Morgan fingerprint density at radius 2 is 1.97 bits per heavy atom. The Morgan fingerprint density at radius 1 is 1.23 bits per heavy atom. The molecular formula is C22H24N4O4. The number of aromatic nitrogens is 3. The minimum Gasteiger partial charge on any atom is -0.473 e. The summed E-state index contributed by atoms with van der Waals surface area (Å²) in [7, 11) is 1.74. The van der Waals surface area contributed by atoms with Crippen molar-refractivity contribution < 1.29 is 19.4 Å². The molecule has 30 heavy (non-hydrogen) atoms. The fraction of sp³-hybridized carbons (Fsp3) is 0.364. The fourth-order valence-corrected chi connectivity index (χ4v) is 3.27. The van der Waals surface area contributed by atoms with Crippen molar-refractivity contribution >= 4 is 16.9 Å². The van der Waals surface area contributed by atoms with Crippen LogP contribution < -0.4 is 4.74 Å². The van der Waals surface area contributed by atoms with Crippen LogP contribution in [-0.2, 0) is 15.1 Å². The van der Waals surface area contributed by atoms with Gasteiger partial charge < -0.3 is 19.5 Å². The van der Waals surface area contributed by atoms with Crippen molar-refractivity contribution in [2.75, 3.05) is 26.8 Å². The number of pyridine rings is 1. The van der Waals surface area contributed by atoms with Crippen LogP contribution in [0.3, 0.4) is 0 Å². The third-order valence-corrected chi connectivity index (χ3v) is 5.06. The SMILES string of the molecule is CN1C[C@@H](COc2nc(-c3ccc(C(C)(C)O)cc3)cc3nccnc23)OCC1=O. The molecular weight excluding hydrogens is 384 g/mol. The lowest BCUT2D eigenvalue weighted by atomic mass is 9.96. The second kappa shape index (κ2) is 7.97.